The third-order valence-electron chi connectivity index (χ3n) is 5.26. The first-order chi connectivity index (χ1) is 15.8. The second-order valence-corrected chi connectivity index (χ2v) is 8.34. The number of carboxylic acid groups (broad SMARTS) is 1. The van der Waals surface area contributed by atoms with Gasteiger partial charge in [0.25, 0.3) is 0 Å². The number of hydrogen-bond donors (Lipinski definition) is 2. The second-order valence-electron chi connectivity index (χ2n) is 7.65. The third-order valence-corrected chi connectivity index (χ3v) is 5.74. The van der Waals surface area contributed by atoms with Gasteiger partial charge in [-0.1, -0.05) is 11.6 Å². The molecule has 0 radical (unpaired) electrons. The van der Waals surface area contributed by atoms with E-state index in [1.807, 2.05) is 13.8 Å². The number of ether oxygens (including phenoxy) is 2. The average molecular weight is 501 g/mol. The molecule has 11 heteroatoms. The van der Waals surface area contributed by atoms with Crippen molar-refractivity contribution >= 4 is 35.0 Å². The fraction of sp³-hybridized carbons (Fsp3) is 0.500. The van der Waals surface area contributed by atoms with Crippen LogP contribution in [0.5, 0.6) is 11.5 Å². The van der Waals surface area contributed by atoms with E-state index in [-0.39, 0.29) is 34.4 Å². The first kappa shape index (κ1) is 25.3. The van der Waals surface area contributed by atoms with Crippen molar-refractivity contribution in [3.8, 4) is 11.5 Å². The molecule has 1 aliphatic rings. The molecule has 3 rings (SSSR count). The van der Waals surface area contributed by atoms with Crippen LogP contribution < -0.4 is 14.8 Å². The minimum Gasteiger partial charge on any atom is -0.491 e. The molecule has 2 aromatic rings. The van der Waals surface area contributed by atoms with Crippen molar-refractivity contribution in [2.45, 2.75) is 45.7 Å². The van der Waals surface area contributed by atoms with Gasteiger partial charge < -0.3 is 19.9 Å². The van der Waals surface area contributed by atoms with Gasteiger partial charge in [-0.2, -0.15) is 4.39 Å². The number of halogens is 3. The number of aliphatic carboxylic acids is 1. The molecule has 1 aliphatic heterocycles. The van der Waals surface area contributed by atoms with Crippen molar-refractivity contribution in [2.24, 2.45) is 0 Å². The molecular weight excluding hydrogens is 474 g/mol. The molecule has 0 unspecified atom stereocenters. The summed E-state index contributed by atoms with van der Waals surface area (Å²) in [5, 5.41) is 12.4. The molecule has 0 aliphatic carbocycles. The Morgan fingerprint density at radius 3 is 2.33 bits per heavy atom. The Balaban J connectivity index is 1.65. The van der Waals surface area contributed by atoms with Crippen molar-refractivity contribution < 1.29 is 23.8 Å². The minimum absolute atomic E-state index is 0.0313. The van der Waals surface area contributed by atoms with Crippen LogP contribution in [-0.2, 0) is 17.8 Å². The zero-order valence-electron chi connectivity index (χ0n) is 18.5. The number of benzene rings is 1. The van der Waals surface area contributed by atoms with E-state index in [9.17, 15) is 9.18 Å². The Morgan fingerprint density at radius 2 is 1.79 bits per heavy atom. The van der Waals surface area contributed by atoms with Crippen LogP contribution in [0.15, 0.2) is 12.1 Å². The SMILES string of the molecule is CCOc1cc(CN2CCC(Nc3nc(Cl)nc(Cl)c3CC(=O)O)CC2)cc(OCC)c1F. The van der Waals surface area contributed by atoms with Gasteiger partial charge in [0.1, 0.15) is 11.0 Å². The smallest absolute Gasteiger partial charge is 0.308 e. The molecule has 1 fully saturated rings. The van der Waals surface area contributed by atoms with Crippen LogP contribution in [0.2, 0.25) is 10.4 Å². The molecule has 33 heavy (non-hydrogen) atoms. The number of anilines is 1. The van der Waals surface area contributed by atoms with Gasteiger partial charge in [0.2, 0.25) is 11.1 Å². The molecule has 2 heterocycles. The van der Waals surface area contributed by atoms with Crippen LogP contribution >= 0.6 is 23.2 Å². The van der Waals surface area contributed by atoms with Crippen molar-refractivity contribution in [1.82, 2.24) is 14.9 Å². The Hall–Kier alpha value is -2.36. The predicted molar refractivity (Wildman–Crippen MR) is 124 cm³/mol. The molecule has 0 atom stereocenters. The molecule has 0 amide bonds. The van der Waals surface area contributed by atoms with Gasteiger partial charge in [0.15, 0.2) is 11.5 Å². The van der Waals surface area contributed by atoms with Crippen molar-refractivity contribution in [3.63, 3.8) is 0 Å². The summed E-state index contributed by atoms with van der Waals surface area (Å²) in [5.74, 6) is -0.776. The highest BCUT2D eigenvalue weighted by Gasteiger charge is 2.23. The number of nitrogens with one attached hydrogen (secondary N) is 1. The molecule has 180 valence electrons. The van der Waals surface area contributed by atoms with Crippen molar-refractivity contribution in [2.75, 3.05) is 31.6 Å². The van der Waals surface area contributed by atoms with Crippen molar-refractivity contribution in [3.05, 3.63) is 39.5 Å². The fourth-order valence-electron chi connectivity index (χ4n) is 3.78. The van der Waals surface area contributed by atoms with Crippen LogP contribution in [0.4, 0.5) is 10.2 Å². The zero-order chi connectivity index (χ0) is 24.0. The molecule has 1 aromatic heterocycles. The summed E-state index contributed by atoms with van der Waals surface area (Å²) in [6, 6.07) is 3.51. The predicted octanol–water partition coefficient (Wildman–Crippen LogP) is 4.42. The number of carboxylic acids is 1. The molecule has 8 nitrogen and oxygen atoms in total. The lowest BCUT2D eigenvalue weighted by Gasteiger charge is -2.33. The minimum atomic E-state index is -1.03. The van der Waals surface area contributed by atoms with Crippen molar-refractivity contribution in [1.29, 1.82) is 0 Å². The van der Waals surface area contributed by atoms with E-state index in [0.717, 1.165) is 31.5 Å². The van der Waals surface area contributed by atoms with Crippen LogP contribution in [0.1, 0.15) is 37.8 Å². The van der Waals surface area contributed by atoms with E-state index in [1.54, 1.807) is 12.1 Å². The Bertz CT molecular complexity index is 960. The van der Waals surface area contributed by atoms with E-state index in [2.05, 4.69) is 20.2 Å². The Morgan fingerprint density at radius 1 is 1.18 bits per heavy atom. The Kier molecular flexibility index (Phi) is 8.94. The van der Waals surface area contributed by atoms with E-state index >= 15 is 0 Å². The highest BCUT2D eigenvalue weighted by molar-refractivity contribution is 6.32. The molecule has 0 spiro atoms. The van der Waals surface area contributed by atoms with E-state index < -0.39 is 11.8 Å². The lowest BCUT2D eigenvalue weighted by molar-refractivity contribution is -0.136. The van der Waals surface area contributed by atoms with Gasteiger partial charge >= 0.3 is 5.97 Å². The summed E-state index contributed by atoms with van der Waals surface area (Å²) < 4.78 is 25.4. The number of rotatable bonds is 10. The lowest BCUT2D eigenvalue weighted by Crippen LogP contribution is -2.39. The highest BCUT2D eigenvalue weighted by atomic mass is 35.5. The average Bonchev–Trinajstić information content (AvgIpc) is 2.75. The molecule has 0 saturated carbocycles. The van der Waals surface area contributed by atoms with Gasteiger partial charge in [-0.25, -0.2) is 9.97 Å². The molecular formula is C22H27Cl2FN4O4. The summed E-state index contributed by atoms with van der Waals surface area (Å²) in [6.45, 7) is 6.54. The van der Waals surface area contributed by atoms with Crippen LogP contribution in [0.25, 0.3) is 0 Å². The maximum Gasteiger partial charge on any atom is 0.308 e. The van der Waals surface area contributed by atoms with Crippen LogP contribution in [-0.4, -0.2) is 58.3 Å². The summed E-state index contributed by atoms with van der Waals surface area (Å²) >= 11 is 12.0. The summed E-state index contributed by atoms with van der Waals surface area (Å²) in [7, 11) is 0. The lowest BCUT2D eigenvalue weighted by atomic mass is 10.0. The summed E-state index contributed by atoms with van der Waals surface area (Å²) in [4.78, 5) is 21.4. The third kappa shape index (κ3) is 6.82. The van der Waals surface area contributed by atoms with Gasteiger partial charge in [0.05, 0.1) is 19.6 Å². The highest BCUT2D eigenvalue weighted by Crippen LogP contribution is 2.31. The standard InChI is InChI=1S/C22H27Cl2FN4O4/c1-3-32-16-9-13(10-17(19(16)25)33-4-2)12-29-7-5-14(6-8-29)26-21-15(11-18(30)31)20(23)27-22(24)28-21/h9-10,14H,3-8,11-12H2,1-2H3,(H,30,31)(H,26,27,28). The number of aromatic nitrogens is 2. The van der Waals surface area contributed by atoms with Gasteiger partial charge in [0, 0.05) is 31.2 Å². The number of piperidine rings is 1. The van der Waals surface area contributed by atoms with E-state index in [4.69, 9.17) is 37.8 Å². The van der Waals surface area contributed by atoms with Crippen LogP contribution in [0, 0.1) is 5.82 Å². The molecule has 0 bridgehead atoms. The monoisotopic (exact) mass is 500 g/mol. The first-order valence-electron chi connectivity index (χ1n) is 10.8. The molecule has 1 aromatic carbocycles. The maximum atomic E-state index is 14.5. The quantitative estimate of drug-likeness (QED) is 0.365. The Labute approximate surface area is 202 Å². The molecule has 1 saturated heterocycles. The largest absolute Gasteiger partial charge is 0.491 e. The molecule has 2 N–H and O–H groups in total. The summed E-state index contributed by atoms with van der Waals surface area (Å²) in [6.07, 6.45) is 1.29. The van der Waals surface area contributed by atoms with E-state index in [1.165, 1.54) is 0 Å². The second kappa shape index (κ2) is 11.7. The fourth-order valence-corrected chi connectivity index (χ4v) is 4.23. The van der Waals surface area contributed by atoms with E-state index in [0.29, 0.717) is 31.1 Å². The van der Waals surface area contributed by atoms with Gasteiger partial charge in [-0.3, -0.25) is 9.69 Å². The zero-order valence-corrected chi connectivity index (χ0v) is 20.0. The number of hydrogen-bond acceptors (Lipinski definition) is 7. The first-order valence-corrected chi connectivity index (χ1v) is 11.6. The number of likely N-dealkylation sites (tertiary alicyclic amines) is 1. The van der Waals surface area contributed by atoms with Gasteiger partial charge in [-0.05, 0) is 56.0 Å². The summed E-state index contributed by atoms with van der Waals surface area (Å²) in [5.41, 5.74) is 1.22. The van der Waals surface area contributed by atoms with Crippen LogP contribution in [0.3, 0.4) is 0 Å². The number of nitrogens with zero attached hydrogens (tertiary/aromatic N) is 3. The maximum absolute atomic E-state index is 14.5. The topological polar surface area (TPSA) is 96.8 Å². The number of carbonyl (C=O) groups is 1. The normalized spacial score (nSPS) is 14.8. The van der Waals surface area contributed by atoms with Gasteiger partial charge in [-0.15, -0.1) is 0 Å².